The third-order valence-corrected chi connectivity index (χ3v) is 4.32. The molecule has 2 N–H and O–H groups in total. The van der Waals surface area contributed by atoms with Crippen molar-refractivity contribution in [2.24, 2.45) is 0 Å². The number of nitrogens with one attached hydrogen (secondary N) is 2. The SMILES string of the molecule is CN(Cc1nc2ccccc2c(=O)[nH]1)C(=O)CNC(=O)c1ccccc1Cl. The van der Waals surface area contributed by atoms with Crippen LogP contribution in [-0.2, 0) is 11.3 Å². The lowest BCUT2D eigenvalue weighted by Crippen LogP contribution is -2.38. The Balaban J connectivity index is 1.63. The van der Waals surface area contributed by atoms with Crippen LogP contribution in [0, 0.1) is 0 Å². The number of halogens is 1. The monoisotopic (exact) mass is 384 g/mol. The van der Waals surface area contributed by atoms with Crippen LogP contribution in [-0.4, -0.2) is 40.3 Å². The summed E-state index contributed by atoms with van der Waals surface area (Å²) in [7, 11) is 1.57. The molecule has 8 heteroatoms. The normalized spacial score (nSPS) is 10.6. The van der Waals surface area contributed by atoms with Crippen LogP contribution in [0.3, 0.4) is 0 Å². The summed E-state index contributed by atoms with van der Waals surface area (Å²) in [6, 6.07) is 13.6. The largest absolute Gasteiger partial charge is 0.343 e. The Labute approximate surface area is 160 Å². The predicted molar refractivity (Wildman–Crippen MR) is 103 cm³/mol. The fourth-order valence-electron chi connectivity index (χ4n) is 2.55. The van der Waals surface area contributed by atoms with Gasteiger partial charge in [0.25, 0.3) is 11.5 Å². The number of nitrogens with zero attached hydrogens (tertiary/aromatic N) is 2. The van der Waals surface area contributed by atoms with Crippen LogP contribution in [0.5, 0.6) is 0 Å². The summed E-state index contributed by atoms with van der Waals surface area (Å²) >= 11 is 5.97. The molecule has 1 aromatic heterocycles. The number of fused-ring (bicyclic) bond motifs is 1. The highest BCUT2D eigenvalue weighted by Gasteiger charge is 2.15. The molecule has 0 aliphatic rings. The van der Waals surface area contributed by atoms with Gasteiger partial charge >= 0.3 is 0 Å². The van der Waals surface area contributed by atoms with Gasteiger partial charge in [-0.05, 0) is 24.3 Å². The molecule has 0 aliphatic carbocycles. The minimum Gasteiger partial charge on any atom is -0.343 e. The molecule has 0 aliphatic heterocycles. The molecule has 0 unspecified atom stereocenters. The van der Waals surface area contributed by atoms with E-state index < -0.39 is 5.91 Å². The molecule has 7 nitrogen and oxygen atoms in total. The van der Waals surface area contributed by atoms with Crippen LogP contribution >= 0.6 is 11.6 Å². The van der Waals surface area contributed by atoms with E-state index in [9.17, 15) is 14.4 Å². The zero-order chi connectivity index (χ0) is 19.4. The van der Waals surface area contributed by atoms with Crippen LogP contribution in [0.25, 0.3) is 10.9 Å². The molecule has 27 heavy (non-hydrogen) atoms. The number of rotatable bonds is 5. The molecule has 0 fully saturated rings. The summed E-state index contributed by atoms with van der Waals surface area (Å²) < 4.78 is 0. The molecule has 0 saturated heterocycles. The van der Waals surface area contributed by atoms with Crippen molar-refractivity contribution in [3.63, 3.8) is 0 Å². The first kappa shape index (κ1) is 18.6. The first-order chi connectivity index (χ1) is 13.0. The van der Waals surface area contributed by atoms with Crippen LogP contribution in [0.2, 0.25) is 5.02 Å². The number of carbonyl (C=O) groups excluding carboxylic acids is 2. The summed E-state index contributed by atoms with van der Waals surface area (Å²) in [5.74, 6) is -0.391. The molecule has 0 radical (unpaired) electrons. The average Bonchev–Trinajstić information content (AvgIpc) is 2.66. The highest BCUT2D eigenvalue weighted by atomic mass is 35.5. The van der Waals surface area contributed by atoms with Gasteiger partial charge in [-0.1, -0.05) is 35.9 Å². The molecule has 1 heterocycles. The summed E-state index contributed by atoms with van der Waals surface area (Å²) in [6.07, 6.45) is 0. The maximum Gasteiger partial charge on any atom is 0.258 e. The van der Waals surface area contributed by atoms with E-state index >= 15 is 0 Å². The van der Waals surface area contributed by atoms with Gasteiger partial charge < -0.3 is 15.2 Å². The fraction of sp³-hybridized carbons (Fsp3) is 0.158. The molecule has 138 valence electrons. The number of likely N-dealkylation sites (N-methyl/N-ethyl adjacent to an activating group) is 1. The molecule has 2 aromatic carbocycles. The van der Waals surface area contributed by atoms with E-state index in [1.54, 1.807) is 55.6 Å². The van der Waals surface area contributed by atoms with Crippen molar-refractivity contribution in [2.45, 2.75) is 6.54 Å². The van der Waals surface area contributed by atoms with Crippen molar-refractivity contribution in [2.75, 3.05) is 13.6 Å². The first-order valence-corrected chi connectivity index (χ1v) is 8.58. The Morgan fingerprint density at radius 2 is 1.85 bits per heavy atom. The molecule has 2 amide bonds. The van der Waals surface area contributed by atoms with E-state index in [-0.39, 0.29) is 24.6 Å². The van der Waals surface area contributed by atoms with Gasteiger partial charge in [0.1, 0.15) is 5.82 Å². The second-order valence-electron chi connectivity index (χ2n) is 5.94. The highest BCUT2D eigenvalue weighted by Crippen LogP contribution is 2.14. The van der Waals surface area contributed by atoms with Crippen molar-refractivity contribution in [1.29, 1.82) is 0 Å². The maximum atomic E-state index is 12.3. The third kappa shape index (κ3) is 4.32. The van der Waals surface area contributed by atoms with Gasteiger partial charge in [0.2, 0.25) is 5.91 Å². The van der Waals surface area contributed by atoms with E-state index in [0.717, 1.165) is 0 Å². The van der Waals surface area contributed by atoms with Gasteiger partial charge in [-0.3, -0.25) is 14.4 Å². The molecular formula is C19H17ClN4O3. The number of carbonyl (C=O) groups is 2. The second kappa shape index (κ2) is 8.01. The molecular weight excluding hydrogens is 368 g/mol. The minimum atomic E-state index is -0.431. The summed E-state index contributed by atoms with van der Waals surface area (Å²) in [5.41, 5.74) is 0.600. The van der Waals surface area contributed by atoms with E-state index in [0.29, 0.717) is 27.3 Å². The number of H-pyrrole nitrogens is 1. The molecule has 0 atom stereocenters. The van der Waals surface area contributed by atoms with Gasteiger partial charge in [-0.15, -0.1) is 0 Å². The number of hydrogen-bond donors (Lipinski definition) is 2. The minimum absolute atomic E-state index is 0.112. The standard InChI is InChI=1S/C19H17ClN4O3/c1-24(11-16-22-15-9-5-3-7-13(15)19(27)23-16)17(25)10-21-18(26)12-6-2-4-8-14(12)20/h2-9H,10-11H2,1H3,(H,21,26)(H,22,23,27). The third-order valence-electron chi connectivity index (χ3n) is 3.99. The van der Waals surface area contributed by atoms with Crippen molar-refractivity contribution in [3.05, 3.63) is 75.3 Å². The van der Waals surface area contributed by atoms with Crippen LogP contribution in [0.4, 0.5) is 0 Å². The fourth-order valence-corrected chi connectivity index (χ4v) is 2.78. The van der Waals surface area contributed by atoms with Crippen molar-refractivity contribution in [3.8, 4) is 0 Å². The summed E-state index contributed by atoms with van der Waals surface area (Å²) in [5, 5.41) is 3.34. The first-order valence-electron chi connectivity index (χ1n) is 8.20. The van der Waals surface area contributed by atoms with Crippen molar-refractivity contribution in [1.82, 2.24) is 20.2 Å². The van der Waals surface area contributed by atoms with E-state index in [1.807, 2.05) is 0 Å². The van der Waals surface area contributed by atoms with E-state index in [1.165, 1.54) is 4.90 Å². The zero-order valence-corrected chi connectivity index (χ0v) is 15.3. The molecule has 0 spiro atoms. The van der Waals surface area contributed by atoms with Gasteiger partial charge in [0.15, 0.2) is 0 Å². The number of para-hydroxylation sites is 1. The Hall–Kier alpha value is -3.19. The smallest absolute Gasteiger partial charge is 0.258 e. The Morgan fingerprint density at radius 3 is 2.63 bits per heavy atom. The number of hydrogen-bond acceptors (Lipinski definition) is 4. The number of aromatic amines is 1. The lowest BCUT2D eigenvalue weighted by molar-refractivity contribution is -0.129. The van der Waals surface area contributed by atoms with Crippen LogP contribution < -0.4 is 10.9 Å². The predicted octanol–water partition coefficient (Wildman–Crippen LogP) is 1.96. The Morgan fingerprint density at radius 1 is 1.15 bits per heavy atom. The van der Waals surface area contributed by atoms with Gasteiger partial charge in [0, 0.05) is 7.05 Å². The highest BCUT2D eigenvalue weighted by molar-refractivity contribution is 6.33. The average molecular weight is 385 g/mol. The quantitative estimate of drug-likeness (QED) is 0.703. The zero-order valence-electron chi connectivity index (χ0n) is 14.5. The van der Waals surface area contributed by atoms with Crippen LogP contribution in [0.15, 0.2) is 53.3 Å². The Kier molecular flexibility index (Phi) is 5.52. The topological polar surface area (TPSA) is 95.2 Å². The summed E-state index contributed by atoms with van der Waals surface area (Å²) in [6.45, 7) is -0.0841. The second-order valence-corrected chi connectivity index (χ2v) is 6.35. The molecule has 0 saturated carbocycles. The molecule has 3 aromatic rings. The summed E-state index contributed by atoms with van der Waals surface area (Å²) in [4.78, 5) is 44.9. The molecule has 0 bridgehead atoms. The Bertz CT molecular complexity index is 1060. The van der Waals surface area contributed by atoms with E-state index in [2.05, 4.69) is 15.3 Å². The van der Waals surface area contributed by atoms with Crippen LogP contribution in [0.1, 0.15) is 16.2 Å². The van der Waals surface area contributed by atoms with Gasteiger partial charge in [-0.2, -0.15) is 0 Å². The lowest BCUT2D eigenvalue weighted by Gasteiger charge is -2.17. The number of benzene rings is 2. The van der Waals surface area contributed by atoms with E-state index in [4.69, 9.17) is 11.6 Å². The van der Waals surface area contributed by atoms with Crippen molar-refractivity contribution < 1.29 is 9.59 Å². The maximum absolute atomic E-state index is 12.3. The lowest BCUT2D eigenvalue weighted by atomic mass is 10.2. The number of amides is 2. The van der Waals surface area contributed by atoms with Crippen molar-refractivity contribution >= 4 is 34.3 Å². The molecule has 3 rings (SSSR count). The van der Waals surface area contributed by atoms with Gasteiger partial charge in [0.05, 0.1) is 34.6 Å². The number of aromatic nitrogens is 2. The van der Waals surface area contributed by atoms with Gasteiger partial charge in [-0.25, -0.2) is 4.98 Å².